The number of ether oxygens (including phenoxy) is 2. The van der Waals surface area contributed by atoms with Gasteiger partial charge in [-0.25, -0.2) is 0 Å². The highest BCUT2D eigenvalue weighted by Crippen LogP contribution is 2.06. The number of hydrogen-bond acceptors (Lipinski definition) is 5. The third-order valence-electron chi connectivity index (χ3n) is 3.21. The number of rotatable bonds is 4. The Balaban J connectivity index is 1.89. The van der Waals surface area contributed by atoms with E-state index in [0.717, 1.165) is 24.9 Å². The zero-order valence-electron chi connectivity index (χ0n) is 12.2. The van der Waals surface area contributed by atoms with Gasteiger partial charge in [0.1, 0.15) is 6.33 Å². The Morgan fingerprint density at radius 2 is 2.50 bits per heavy atom. The van der Waals surface area contributed by atoms with Crippen LogP contribution in [-0.4, -0.2) is 72.2 Å². The third-order valence-corrected chi connectivity index (χ3v) is 3.21. The number of nitrogens with zero attached hydrogens (tertiary/aromatic N) is 5. The van der Waals surface area contributed by atoms with E-state index in [4.69, 9.17) is 9.47 Å². The van der Waals surface area contributed by atoms with Crippen LogP contribution in [0.3, 0.4) is 0 Å². The topological polar surface area (TPSA) is 76.8 Å². The molecule has 8 heteroatoms. The molecule has 1 N–H and O–H groups in total. The summed E-state index contributed by atoms with van der Waals surface area (Å²) in [5.74, 6) is 1.71. The van der Waals surface area contributed by atoms with Crippen LogP contribution in [0.25, 0.3) is 0 Å². The predicted octanol–water partition coefficient (Wildman–Crippen LogP) is -0.762. The van der Waals surface area contributed by atoms with Crippen LogP contribution in [0.1, 0.15) is 5.82 Å². The zero-order valence-corrected chi connectivity index (χ0v) is 12.2. The standard InChI is InChI=1S/C12H22N6O2/c1-13-12(14-6-11-16-15-9-17(11)2)18-4-5-20-10(7-18)8-19-3/h9-10H,4-8H2,1-3H3,(H,13,14). The van der Waals surface area contributed by atoms with Gasteiger partial charge in [0.15, 0.2) is 11.8 Å². The molecule has 20 heavy (non-hydrogen) atoms. The fraction of sp³-hybridized carbons (Fsp3) is 0.750. The lowest BCUT2D eigenvalue weighted by Gasteiger charge is -2.34. The largest absolute Gasteiger partial charge is 0.382 e. The minimum Gasteiger partial charge on any atom is -0.382 e. The number of methoxy groups -OCH3 is 1. The lowest BCUT2D eigenvalue weighted by atomic mass is 10.3. The number of aryl methyl sites for hydroxylation is 1. The number of nitrogens with one attached hydrogen (secondary N) is 1. The molecule has 1 unspecified atom stereocenters. The SMILES string of the molecule is CN=C(NCc1nncn1C)N1CCOC(COC)C1. The van der Waals surface area contributed by atoms with Gasteiger partial charge in [0.25, 0.3) is 0 Å². The van der Waals surface area contributed by atoms with Crippen molar-refractivity contribution in [3.05, 3.63) is 12.2 Å². The number of aliphatic imine (C=N–C) groups is 1. The van der Waals surface area contributed by atoms with E-state index in [1.165, 1.54) is 0 Å². The molecule has 1 saturated heterocycles. The second-order valence-corrected chi connectivity index (χ2v) is 4.65. The molecule has 0 saturated carbocycles. The van der Waals surface area contributed by atoms with Gasteiger partial charge in [0.05, 0.1) is 25.9 Å². The maximum atomic E-state index is 5.64. The summed E-state index contributed by atoms with van der Waals surface area (Å²) >= 11 is 0. The predicted molar refractivity (Wildman–Crippen MR) is 74.4 cm³/mol. The Morgan fingerprint density at radius 3 is 3.15 bits per heavy atom. The molecular formula is C12H22N6O2. The van der Waals surface area contributed by atoms with Crippen LogP contribution in [-0.2, 0) is 23.1 Å². The molecule has 1 fully saturated rings. The van der Waals surface area contributed by atoms with Gasteiger partial charge in [-0.3, -0.25) is 4.99 Å². The first kappa shape index (κ1) is 14.7. The van der Waals surface area contributed by atoms with Gasteiger partial charge in [-0.05, 0) is 0 Å². The van der Waals surface area contributed by atoms with Crippen LogP contribution in [0, 0.1) is 0 Å². The Hall–Kier alpha value is -1.67. The Bertz CT molecular complexity index is 445. The van der Waals surface area contributed by atoms with E-state index in [2.05, 4.69) is 25.4 Å². The van der Waals surface area contributed by atoms with E-state index >= 15 is 0 Å². The molecule has 0 radical (unpaired) electrons. The Kier molecular flexibility index (Phi) is 5.31. The number of aromatic nitrogens is 3. The van der Waals surface area contributed by atoms with Gasteiger partial charge >= 0.3 is 0 Å². The molecule has 0 bridgehead atoms. The lowest BCUT2D eigenvalue weighted by molar-refractivity contribution is -0.0447. The van der Waals surface area contributed by atoms with Crippen molar-refractivity contribution >= 4 is 5.96 Å². The Labute approximate surface area is 118 Å². The van der Waals surface area contributed by atoms with Crippen molar-refractivity contribution < 1.29 is 9.47 Å². The molecule has 112 valence electrons. The van der Waals surface area contributed by atoms with Crippen molar-refractivity contribution in [1.82, 2.24) is 25.0 Å². The fourth-order valence-corrected chi connectivity index (χ4v) is 2.16. The molecule has 0 aliphatic carbocycles. The summed E-state index contributed by atoms with van der Waals surface area (Å²) in [4.78, 5) is 6.48. The average molecular weight is 282 g/mol. The van der Waals surface area contributed by atoms with Crippen molar-refractivity contribution in [3.63, 3.8) is 0 Å². The second-order valence-electron chi connectivity index (χ2n) is 4.65. The molecule has 1 aliphatic rings. The van der Waals surface area contributed by atoms with Crippen LogP contribution < -0.4 is 5.32 Å². The van der Waals surface area contributed by atoms with Crippen LogP contribution in [0.5, 0.6) is 0 Å². The third kappa shape index (κ3) is 3.67. The summed E-state index contributed by atoms with van der Waals surface area (Å²) in [7, 11) is 5.38. The summed E-state index contributed by atoms with van der Waals surface area (Å²) in [5.41, 5.74) is 0. The van der Waals surface area contributed by atoms with E-state index in [-0.39, 0.29) is 6.10 Å². The van der Waals surface area contributed by atoms with E-state index < -0.39 is 0 Å². The zero-order chi connectivity index (χ0) is 14.4. The molecule has 0 amide bonds. The van der Waals surface area contributed by atoms with Crippen molar-refractivity contribution in [2.24, 2.45) is 12.0 Å². The quantitative estimate of drug-likeness (QED) is 0.578. The van der Waals surface area contributed by atoms with E-state index in [0.29, 0.717) is 19.8 Å². The van der Waals surface area contributed by atoms with Gasteiger partial charge < -0.3 is 24.3 Å². The highest BCUT2D eigenvalue weighted by Gasteiger charge is 2.22. The molecule has 8 nitrogen and oxygen atoms in total. The molecule has 1 aliphatic heterocycles. The molecule has 0 spiro atoms. The number of hydrogen-bond donors (Lipinski definition) is 1. The lowest BCUT2D eigenvalue weighted by Crippen LogP contribution is -2.51. The first-order valence-corrected chi connectivity index (χ1v) is 6.63. The highest BCUT2D eigenvalue weighted by molar-refractivity contribution is 5.79. The van der Waals surface area contributed by atoms with Gasteiger partial charge in [0, 0.05) is 34.3 Å². The molecule has 1 aromatic heterocycles. The van der Waals surface area contributed by atoms with E-state index in [1.807, 2.05) is 11.6 Å². The number of morpholine rings is 1. The van der Waals surface area contributed by atoms with Gasteiger partial charge in [-0.2, -0.15) is 0 Å². The van der Waals surface area contributed by atoms with Crippen LogP contribution >= 0.6 is 0 Å². The second kappa shape index (κ2) is 7.20. The van der Waals surface area contributed by atoms with Crippen LogP contribution in [0.15, 0.2) is 11.3 Å². The molecule has 1 aromatic rings. The van der Waals surface area contributed by atoms with Crippen molar-refractivity contribution in [2.75, 3.05) is 40.5 Å². The van der Waals surface area contributed by atoms with E-state index in [1.54, 1.807) is 20.5 Å². The first-order valence-electron chi connectivity index (χ1n) is 6.63. The summed E-state index contributed by atoms with van der Waals surface area (Å²) in [5, 5.41) is 11.2. The Morgan fingerprint density at radius 1 is 1.65 bits per heavy atom. The summed E-state index contributed by atoms with van der Waals surface area (Å²) < 4.78 is 12.7. The monoisotopic (exact) mass is 282 g/mol. The van der Waals surface area contributed by atoms with Gasteiger partial charge in [-0.15, -0.1) is 10.2 Å². The van der Waals surface area contributed by atoms with Crippen LogP contribution in [0.2, 0.25) is 0 Å². The number of guanidine groups is 1. The van der Waals surface area contributed by atoms with Crippen LogP contribution in [0.4, 0.5) is 0 Å². The normalized spacial score (nSPS) is 20.2. The highest BCUT2D eigenvalue weighted by atomic mass is 16.5. The molecule has 0 aromatic carbocycles. The fourth-order valence-electron chi connectivity index (χ4n) is 2.16. The minimum absolute atomic E-state index is 0.0853. The first-order chi connectivity index (χ1) is 9.74. The molecule has 1 atom stereocenters. The molecular weight excluding hydrogens is 260 g/mol. The molecule has 2 heterocycles. The van der Waals surface area contributed by atoms with E-state index in [9.17, 15) is 0 Å². The summed E-state index contributed by atoms with van der Waals surface area (Å²) in [6.45, 7) is 3.45. The van der Waals surface area contributed by atoms with Gasteiger partial charge in [-0.1, -0.05) is 0 Å². The average Bonchev–Trinajstić information content (AvgIpc) is 2.86. The maximum absolute atomic E-state index is 5.64. The van der Waals surface area contributed by atoms with Crippen molar-refractivity contribution in [1.29, 1.82) is 0 Å². The smallest absolute Gasteiger partial charge is 0.194 e. The molecule has 2 rings (SSSR count). The minimum atomic E-state index is 0.0853. The van der Waals surface area contributed by atoms with Crippen molar-refractivity contribution in [3.8, 4) is 0 Å². The maximum Gasteiger partial charge on any atom is 0.194 e. The van der Waals surface area contributed by atoms with Crippen molar-refractivity contribution in [2.45, 2.75) is 12.6 Å². The summed E-state index contributed by atoms with van der Waals surface area (Å²) in [6, 6.07) is 0. The van der Waals surface area contributed by atoms with Gasteiger partial charge in [0.2, 0.25) is 0 Å². The summed E-state index contributed by atoms with van der Waals surface area (Å²) in [6.07, 6.45) is 1.77.